The molecule has 0 aromatic rings. The van der Waals surface area contributed by atoms with E-state index >= 15 is 0 Å². The van der Waals surface area contributed by atoms with E-state index in [1.165, 1.54) is 4.90 Å². The van der Waals surface area contributed by atoms with Crippen LogP contribution in [0.5, 0.6) is 0 Å². The molecular weight excluding hydrogens is 296 g/mol. The zero-order valence-corrected chi connectivity index (χ0v) is 14.1. The van der Waals surface area contributed by atoms with Crippen molar-refractivity contribution >= 4 is 17.9 Å². The normalized spacial score (nSPS) is 22.0. The molecule has 2 fully saturated rings. The van der Waals surface area contributed by atoms with E-state index in [9.17, 15) is 14.4 Å². The zero-order chi connectivity index (χ0) is 17.0. The molecule has 2 aliphatic heterocycles. The summed E-state index contributed by atoms with van der Waals surface area (Å²) in [4.78, 5) is 38.2. The third kappa shape index (κ3) is 4.72. The van der Waals surface area contributed by atoms with Crippen LogP contribution in [-0.2, 0) is 14.3 Å². The smallest absolute Gasteiger partial charge is 0.411 e. The maximum Gasteiger partial charge on any atom is 0.411 e. The third-order valence-corrected chi connectivity index (χ3v) is 3.79. The van der Waals surface area contributed by atoms with Crippen molar-refractivity contribution in [1.82, 2.24) is 9.80 Å². The number of piperidine rings is 1. The number of nitrogens with zero attached hydrogens (tertiary/aromatic N) is 2. The molecule has 3 amide bonds. The number of carbonyl (C=O) groups excluding carboxylic acids is 3. The molecule has 0 spiro atoms. The molecule has 6 heteroatoms. The first-order chi connectivity index (χ1) is 10.8. The van der Waals surface area contributed by atoms with Crippen LogP contribution < -0.4 is 0 Å². The maximum absolute atomic E-state index is 12.3. The predicted octanol–water partition coefficient (Wildman–Crippen LogP) is 1.93. The molecule has 0 bridgehead atoms. The van der Waals surface area contributed by atoms with Crippen LogP contribution in [0.2, 0.25) is 0 Å². The van der Waals surface area contributed by atoms with E-state index in [4.69, 9.17) is 4.74 Å². The van der Waals surface area contributed by atoms with Crippen LogP contribution in [0.3, 0.4) is 0 Å². The van der Waals surface area contributed by atoms with Gasteiger partial charge in [-0.2, -0.15) is 0 Å². The van der Waals surface area contributed by atoms with Gasteiger partial charge in [-0.1, -0.05) is 11.8 Å². The van der Waals surface area contributed by atoms with Gasteiger partial charge in [0.05, 0.1) is 12.6 Å². The standard InChI is InChI=1S/C17H24N2O4/c1-17(2,3)23-16(22)18-11-5-4-7-13(18)8-6-12-19-14(20)9-10-15(19)21/h13H,4-5,7,9-12H2,1-3H3/t13-/m1/s1. The van der Waals surface area contributed by atoms with Gasteiger partial charge in [0.15, 0.2) is 0 Å². The van der Waals surface area contributed by atoms with E-state index in [2.05, 4.69) is 11.8 Å². The summed E-state index contributed by atoms with van der Waals surface area (Å²) in [5.41, 5.74) is -0.541. The van der Waals surface area contributed by atoms with Crippen LogP contribution in [0.4, 0.5) is 4.79 Å². The van der Waals surface area contributed by atoms with Crippen molar-refractivity contribution in [3.05, 3.63) is 0 Å². The molecule has 23 heavy (non-hydrogen) atoms. The largest absolute Gasteiger partial charge is 0.444 e. The predicted molar refractivity (Wildman–Crippen MR) is 84.3 cm³/mol. The molecule has 0 radical (unpaired) electrons. The highest BCUT2D eigenvalue weighted by molar-refractivity contribution is 6.02. The van der Waals surface area contributed by atoms with Gasteiger partial charge in [-0.25, -0.2) is 4.79 Å². The molecule has 0 saturated carbocycles. The topological polar surface area (TPSA) is 66.9 Å². The van der Waals surface area contributed by atoms with Gasteiger partial charge in [-0.15, -0.1) is 0 Å². The van der Waals surface area contributed by atoms with E-state index in [1.54, 1.807) is 4.90 Å². The summed E-state index contributed by atoms with van der Waals surface area (Å²) < 4.78 is 5.42. The highest BCUT2D eigenvalue weighted by Gasteiger charge is 2.30. The molecule has 2 rings (SSSR count). The Hall–Kier alpha value is -2.03. The quantitative estimate of drug-likeness (QED) is 0.547. The minimum absolute atomic E-state index is 0.107. The Kier molecular flexibility index (Phi) is 5.30. The lowest BCUT2D eigenvalue weighted by Crippen LogP contribution is -2.45. The van der Waals surface area contributed by atoms with E-state index in [1.807, 2.05) is 20.8 Å². The van der Waals surface area contributed by atoms with Gasteiger partial charge >= 0.3 is 6.09 Å². The number of hydrogen-bond acceptors (Lipinski definition) is 4. The van der Waals surface area contributed by atoms with Gasteiger partial charge in [0.2, 0.25) is 11.8 Å². The summed E-state index contributed by atoms with van der Waals surface area (Å²) in [5.74, 6) is 5.59. The molecule has 0 aromatic heterocycles. The molecule has 0 unspecified atom stereocenters. The van der Waals surface area contributed by atoms with Crippen LogP contribution >= 0.6 is 0 Å². The third-order valence-electron chi connectivity index (χ3n) is 3.79. The Balaban J connectivity index is 1.99. The first-order valence-corrected chi connectivity index (χ1v) is 8.09. The monoisotopic (exact) mass is 320 g/mol. The molecular formula is C17H24N2O4. The van der Waals surface area contributed by atoms with Gasteiger partial charge in [-0.05, 0) is 40.0 Å². The average Bonchev–Trinajstić information content (AvgIpc) is 2.77. The van der Waals surface area contributed by atoms with Crippen LogP contribution in [0.15, 0.2) is 0 Å². The van der Waals surface area contributed by atoms with Crippen molar-refractivity contribution in [2.75, 3.05) is 13.1 Å². The Labute approximate surface area is 137 Å². The fraction of sp³-hybridized carbons (Fsp3) is 0.706. The second-order valence-electron chi connectivity index (χ2n) is 6.88. The van der Waals surface area contributed by atoms with E-state index in [-0.39, 0.29) is 43.3 Å². The lowest BCUT2D eigenvalue weighted by molar-refractivity contribution is -0.137. The summed E-state index contributed by atoms with van der Waals surface area (Å²) >= 11 is 0. The molecule has 6 nitrogen and oxygen atoms in total. The number of hydrogen-bond donors (Lipinski definition) is 0. The fourth-order valence-corrected chi connectivity index (χ4v) is 2.66. The number of amides is 3. The summed E-state index contributed by atoms with van der Waals surface area (Å²) in [7, 11) is 0. The number of carbonyl (C=O) groups is 3. The van der Waals surface area contributed by atoms with E-state index in [0.29, 0.717) is 6.54 Å². The van der Waals surface area contributed by atoms with Crippen molar-refractivity contribution in [1.29, 1.82) is 0 Å². The van der Waals surface area contributed by atoms with Gasteiger partial charge in [0, 0.05) is 19.4 Å². The lowest BCUT2D eigenvalue weighted by Gasteiger charge is -2.34. The van der Waals surface area contributed by atoms with Crippen LogP contribution in [0.1, 0.15) is 52.9 Å². The molecule has 2 saturated heterocycles. The summed E-state index contributed by atoms with van der Waals surface area (Å²) in [6.07, 6.45) is 2.90. The fourth-order valence-electron chi connectivity index (χ4n) is 2.66. The molecule has 2 aliphatic rings. The van der Waals surface area contributed by atoms with Crippen molar-refractivity contribution in [2.24, 2.45) is 0 Å². The second kappa shape index (κ2) is 7.03. The molecule has 0 N–H and O–H groups in total. The van der Waals surface area contributed by atoms with E-state index < -0.39 is 5.60 Å². The Morgan fingerprint density at radius 1 is 1.22 bits per heavy atom. The average molecular weight is 320 g/mol. The highest BCUT2D eigenvalue weighted by Crippen LogP contribution is 2.20. The van der Waals surface area contributed by atoms with Gasteiger partial charge in [0.1, 0.15) is 5.60 Å². The first-order valence-electron chi connectivity index (χ1n) is 8.09. The first kappa shape index (κ1) is 17.3. The van der Waals surface area contributed by atoms with Crippen molar-refractivity contribution in [3.8, 4) is 11.8 Å². The number of rotatable bonds is 1. The Morgan fingerprint density at radius 3 is 2.48 bits per heavy atom. The van der Waals surface area contributed by atoms with E-state index in [0.717, 1.165) is 19.3 Å². The molecule has 2 heterocycles. The van der Waals surface area contributed by atoms with Crippen LogP contribution in [-0.4, -0.2) is 52.4 Å². The Bertz CT molecular complexity index is 537. The van der Waals surface area contributed by atoms with Crippen molar-refractivity contribution < 1.29 is 19.1 Å². The van der Waals surface area contributed by atoms with Crippen molar-refractivity contribution in [3.63, 3.8) is 0 Å². The number of imide groups is 1. The SMILES string of the molecule is CC(C)(C)OC(=O)N1CCCC[C@@H]1C#CCN1C(=O)CCC1=O. The van der Waals surface area contributed by atoms with Crippen LogP contribution in [0, 0.1) is 11.8 Å². The minimum Gasteiger partial charge on any atom is -0.444 e. The molecule has 0 aromatic carbocycles. The Morgan fingerprint density at radius 2 is 1.87 bits per heavy atom. The highest BCUT2D eigenvalue weighted by atomic mass is 16.6. The molecule has 1 atom stereocenters. The van der Waals surface area contributed by atoms with Crippen molar-refractivity contribution in [2.45, 2.75) is 64.5 Å². The summed E-state index contributed by atoms with van der Waals surface area (Å²) in [6, 6.07) is -0.216. The van der Waals surface area contributed by atoms with Crippen LogP contribution in [0.25, 0.3) is 0 Å². The molecule has 0 aliphatic carbocycles. The maximum atomic E-state index is 12.3. The summed E-state index contributed by atoms with van der Waals surface area (Å²) in [5, 5.41) is 0. The van der Waals surface area contributed by atoms with Gasteiger partial charge < -0.3 is 4.74 Å². The van der Waals surface area contributed by atoms with Gasteiger partial charge in [0.25, 0.3) is 0 Å². The zero-order valence-electron chi connectivity index (χ0n) is 14.1. The number of likely N-dealkylation sites (tertiary alicyclic amines) is 2. The second-order valence-corrected chi connectivity index (χ2v) is 6.88. The number of ether oxygens (including phenoxy) is 1. The van der Waals surface area contributed by atoms with Gasteiger partial charge in [-0.3, -0.25) is 19.4 Å². The lowest BCUT2D eigenvalue weighted by atomic mass is 10.0. The minimum atomic E-state index is -0.541. The molecule has 126 valence electrons. The summed E-state index contributed by atoms with van der Waals surface area (Å²) in [6.45, 7) is 6.23.